The Morgan fingerprint density at radius 3 is 2.24 bits per heavy atom. The molecule has 17 heavy (non-hydrogen) atoms. The number of ether oxygens (including phenoxy) is 1. The maximum Gasteiger partial charge on any atom is 0.119 e. The van der Waals surface area contributed by atoms with Crippen LogP contribution in [0.3, 0.4) is 0 Å². The molecular formula is C14H13BrO2. The van der Waals surface area contributed by atoms with Crippen LogP contribution in [0.1, 0.15) is 5.56 Å². The maximum absolute atomic E-state index is 9.13. The van der Waals surface area contributed by atoms with Crippen LogP contribution in [0.2, 0.25) is 0 Å². The summed E-state index contributed by atoms with van der Waals surface area (Å²) in [7, 11) is 0. The molecule has 2 aromatic carbocycles. The molecule has 0 unspecified atom stereocenters. The molecule has 0 radical (unpaired) electrons. The van der Waals surface area contributed by atoms with Gasteiger partial charge in [-0.05, 0) is 42.0 Å². The molecule has 0 aliphatic carbocycles. The highest BCUT2D eigenvalue weighted by Gasteiger charge is 1.96. The summed E-state index contributed by atoms with van der Waals surface area (Å²) in [6.07, 6.45) is 0.869. The van der Waals surface area contributed by atoms with E-state index in [0.29, 0.717) is 6.61 Å². The second kappa shape index (κ2) is 5.73. The minimum absolute atomic E-state index is 0.255. The fourth-order valence-electron chi connectivity index (χ4n) is 1.48. The first kappa shape index (κ1) is 12.0. The molecule has 2 aromatic rings. The van der Waals surface area contributed by atoms with Crippen LogP contribution in [0, 0.1) is 0 Å². The van der Waals surface area contributed by atoms with E-state index >= 15 is 0 Å². The van der Waals surface area contributed by atoms with Gasteiger partial charge >= 0.3 is 0 Å². The van der Waals surface area contributed by atoms with E-state index < -0.39 is 0 Å². The number of benzene rings is 2. The number of phenols is 1. The molecule has 0 amide bonds. The number of hydrogen-bond acceptors (Lipinski definition) is 2. The van der Waals surface area contributed by atoms with E-state index in [1.807, 2.05) is 12.1 Å². The Morgan fingerprint density at radius 1 is 0.941 bits per heavy atom. The molecule has 0 aliphatic heterocycles. The number of aromatic hydroxyl groups is 1. The van der Waals surface area contributed by atoms with Crippen molar-refractivity contribution in [2.24, 2.45) is 0 Å². The zero-order valence-electron chi connectivity index (χ0n) is 9.27. The van der Waals surface area contributed by atoms with Crippen LogP contribution in [0.5, 0.6) is 11.5 Å². The maximum atomic E-state index is 9.13. The van der Waals surface area contributed by atoms with Crippen molar-refractivity contribution in [2.45, 2.75) is 6.42 Å². The molecule has 0 bridgehead atoms. The minimum Gasteiger partial charge on any atom is -0.508 e. The van der Waals surface area contributed by atoms with Gasteiger partial charge in [-0.25, -0.2) is 0 Å². The van der Waals surface area contributed by atoms with Gasteiger partial charge in [-0.2, -0.15) is 0 Å². The lowest BCUT2D eigenvalue weighted by atomic mass is 10.2. The van der Waals surface area contributed by atoms with Crippen molar-refractivity contribution in [1.82, 2.24) is 0 Å². The van der Waals surface area contributed by atoms with Gasteiger partial charge < -0.3 is 9.84 Å². The van der Waals surface area contributed by atoms with E-state index in [2.05, 4.69) is 28.1 Å². The van der Waals surface area contributed by atoms with Crippen molar-refractivity contribution in [2.75, 3.05) is 6.61 Å². The smallest absolute Gasteiger partial charge is 0.119 e. The number of hydrogen-bond donors (Lipinski definition) is 1. The van der Waals surface area contributed by atoms with E-state index in [1.165, 1.54) is 5.56 Å². The van der Waals surface area contributed by atoms with E-state index in [4.69, 9.17) is 9.84 Å². The third-order valence-corrected chi connectivity index (χ3v) is 2.94. The first-order chi connectivity index (χ1) is 8.24. The molecule has 1 N–H and O–H groups in total. The van der Waals surface area contributed by atoms with E-state index in [9.17, 15) is 0 Å². The van der Waals surface area contributed by atoms with Crippen LogP contribution in [0.15, 0.2) is 53.0 Å². The Labute approximate surface area is 109 Å². The first-order valence-corrected chi connectivity index (χ1v) is 6.19. The molecule has 0 saturated carbocycles. The summed E-state index contributed by atoms with van der Waals surface area (Å²) in [5, 5.41) is 9.13. The molecule has 0 atom stereocenters. The molecule has 0 spiro atoms. The van der Waals surface area contributed by atoms with Gasteiger partial charge in [0.25, 0.3) is 0 Å². The molecular weight excluding hydrogens is 280 g/mol. The third kappa shape index (κ3) is 3.79. The zero-order chi connectivity index (χ0) is 12.1. The van der Waals surface area contributed by atoms with Crippen LogP contribution in [0.4, 0.5) is 0 Å². The first-order valence-electron chi connectivity index (χ1n) is 5.40. The van der Waals surface area contributed by atoms with Gasteiger partial charge in [0.15, 0.2) is 0 Å². The molecule has 3 heteroatoms. The van der Waals surface area contributed by atoms with Crippen molar-refractivity contribution >= 4 is 15.9 Å². The Kier molecular flexibility index (Phi) is 4.04. The lowest BCUT2D eigenvalue weighted by Crippen LogP contribution is -2.00. The van der Waals surface area contributed by atoms with Crippen LogP contribution >= 0.6 is 15.9 Å². The summed E-state index contributed by atoms with van der Waals surface area (Å²) in [4.78, 5) is 0. The molecule has 0 fully saturated rings. The highest BCUT2D eigenvalue weighted by atomic mass is 79.9. The van der Waals surface area contributed by atoms with Crippen LogP contribution in [0.25, 0.3) is 0 Å². The second-order valence-electron chi connectivity index (χ2n) is 3.72. The molecule has 0 aromatic heterocycles. The van der Waals surface area contributed by atoms with Crippen LogP contribution in [-0.2, 0) is 6.42 Å². The summed E-state index contributed by atoms with van der Waals surface area (Å²) < 4.78 is 6.66. The van der Waals surface area contributed by atoms with Crippen molar-refractivity contribution in [3.63, 3.8) is 0 Å². The largest absolute Gasteiger partial charge is 0.508 e. The predicted molar refractivity (Wildman–Crippen MR) is 71.4 cm³/mol. The highest BCUT2D eigenvalue weighted by molar-refractivity contribution is 9.10. The van der Waals surface area contributed by atoms with Gasteiger partial charge in [0.2, 0.25) is 0 Å². The van der Waals surface area contributed by atoms with Crippen molar-refractivity contribution in [3.8, 4) is 11.5 Å². The molecule has 88 valence electrons. The Bertz CT molecular complexity index is 417. The number of halogens is 1. The Balaban J connectivity index is 1.83. The van der Waals surface area contributed by atoms with Gasteiger partial charge in [0.05, 0.1) is 6.61 Å². The van der Waals surface area contributed by atoms with Gasteiger partial charge in [0.1, 0.15) is 11.5 Å². The average Bonchev–Trinajstić information content (AvgIpc) is 2.34. The SMILES string of the molecule is Oc1ccc(OCCc2ccc(Br)cc2)cc1. The molecule has 0 aliphatic rings. The quantitative estimate of drug-likeness (QED) is 0.929. The normalized spacial score (nSPS) is 10.2. The zero-order valence-corrected chi connectivity index (χ0v) is 10.9. The van der Waals surface area contributed by atoms with E-state index in [-0.39, 0.29) is 5.75 Å². The summed E-state index contributed by atoms with van der Waals surface area (Å²) >= 11 is 3.40. The van der Waals surface area contributed by atoms with Crippen molar-refractivity contribution in [3.05, 3.63) is 58.6 Å². The topological polar surface area (TPSA) is 29.5 Å². The molecule has 2 nitrogen and oxygen atoms in total. The van der Waals surface area contributed by atoms with Gasteiger partial charge in [-0.15, -0.1) is 0 Å². The minimum atomic E-state index is 0.255. The van der Waals surface area contributed by atoms with Crippen LogP contribution in [-0.4, -0.2) is 11.7 Å². The Morgan fingerprint density at radius 2 is 1.59 bits per heavy atom. The fraction of sp³-hybridized carbons (Fsp3) is 0.143. The van der Waals surface area contributed by atoms with Gasteiger partial charge in [0, 0.05) is 10.9 Å². The summed E-state index contributed by atoms with van der Waals surface area (Å²) in [6, 6.07) is 15.0. The standard InChI is InChI=1S/C14H13BrO2/c15-12-3-1-11(2-4-12)9-10-17-14-7-5-13(16)6-8-14/h1-8,16H,9-10H2. The monoisotopic (exact) mass is 292 g/mol. The van der Waals surface area contributed by atoms with E-state index in [0.717, 1.165) is 16.6 Å². The fourth-order valence-corrected chi connectivity index (χ4v) is 1.74. The van der Waals surface area contributed by atoms with E-state index in [1.54, 1.807) is 24.3 Å². The van der Waals surface area contributed by atoms with Crippen molar-refractivity contribution < 1.29 is 9.84 Å². The summed E-state index contributed by atoms with van der Waals surface area (Å²) in [6.45, 7) is 0.631. The lowest BCUT2D eigenvalue weighted by molar-refractivity contribution is 0.321. The summed E-state index contributed by atoms with van der Waals surface area (Å²) in [5.41, 5.74) is 1.24. The molecule has 0 saturated heterocycles. The predicted octanol–water partition coefficient (Wildman–Crippen LogP) is 3.78. The Hall–Kier alpha value is -1.48. The van der Waals surface area contributed by atoms with Crippen molar-refractivity contribution in [1.29, 1.82) is 0 Å². The second-order valence-corrected chi connectivity index (χ2v) is 4.63. The van der Waals surface area contributed by atoms with Crippen LogP contribution < -0.4 is 4.74 Å². The molecule has 2 rings (SSSR count). The summed E-state index contributed by atoms with van der Waals surface area (Å²) in [5.74, 6) is 1.03. The van der Waals surface area contributed by atoms with Gasteiger partial charge in [-0.1, -0.05) is 28.1 Å². The third-order valence-electron chi connectivity index (χ3n) is 2.41. The number of phenolic OH excluding ortho intramolecular Hbond substituents is 1. The number of rotatable bonds is 4. The average molecular weight is 293 g/mol. The highest BCUT2D eigenvalue weighted by Crippen LogP contribution is 2.16. The van der Waals surface area contributed by atoms with Gasteiger partial charge in [-0.3, -0.25) is 0 Å². The lowest BCUT2D eigenvalue weighted by Gasteiger charge is -2.06. The molecule has 0 heterocycles.